The van der Waals surface area contributed by atoms with Crippen molar-refractivity contribution in [3.05, 3.63) is 0 Å². The summed E-state index contributed by atoms with van der Waals surface area (Å²) in [5.41, 5.74) is -2.20. The van der Waals surface area contributed by atoms with E-state index in [1.165, 1.54) is 28.3 Å². The molecule has 4 rings (SSSR count). The van der Waals surface area contributed by atoms with Gasteiger partial charge in [0.1, 0.15) is 22.4 Å². The van der Waals surface area contributed by atoms with E-state index in [0.717, 1.165) is 12.8 Å². The number of ether oxygens (including phenoxy) is 6. The van der Waals surface area contributed by atoms with Crippen molar-refractivity contribution in [2.75, 3.05) is 41.7 Å². The maximum absolute atomic E-state index is 12.1. The second kappa shape index (κ2) is 15.4. The van der Waals surface area contributed by atoms with Crippen molar-refractivity contribution in [2.45, 2.75) is 90.6 Å². The van der Waals surface area contributed by atoms with E-state index < -0.39 is 23.3 Å². The largest absolute Gasteiger partial charge is 0.465 e. The molecule has 0 spiro atoms. The lowest BCUT2D eigenvalue weighted by Crippen LogP contribution is -2.56. The molecular weight excluding hydrogens is 500 g/mol. The summed E-state index contributed by atoms with van der Waals surface area (Å²) < 4.78 is 29.2. The standard InChI is InChI=1S/C12H18O4.C11H16O4.C4H10O3/c1-3-16-10(14)12-6-4-11(15-2,5-7-12)8-9(12)13;1-3-15-10(14)11(8(2)12)6-4-9(13)5-7-11;1-5-4(6-2)7-3/h3-8H2,1-2H3;3-7H2,1-2H3;4H,1-3H3. The Morgan fingerprint density at radius 3 is 1.58 bits per heavy atom. The first-order valence-corrected chi connectivity index (χ1v) is 13.0. The highest BCUT2D eigenvalue weighted by molar-refractivity contribution is 6.05. The minimum Gasteiger partial charge on any atom is -0.465 e. The molecule has 0 N–H and O–H groups in total. The van der Waals surface area contributed by atoms with Gasteiger partial charge in [-0.3, -0.25) is 24.0 Å². The van der Waals surface area contributed by atoms with Crippen LogP contribution in [0.15, 0.2) is 0 Å². The van der Waals surface area contributed by atoms with Crippen LogP contribution in [0.5, 0.6) is 0 Å². The molecule has 0 heterocycles. The van der Waals surface area contributed by atoms with Crippen LogP contribution >= 0.6 is 0 Å². The Balaban J connectivity index is 0.000000308. The van der Waals surface area contributed by atoms with Crippen LogP contribution in [0.2, 0.25) is 0 Å². The van der Waals surface area contributed by atoms with Crippen molar-refractivity contribution in [1.82, 2.24) is 0 Å². The summed E-state index contributed by atoms with van der Waals surface area (Å²) in [4.78, 5) is 58.3. The maximum Gasteiger partial charge on any atom is 0.319 e. The highest BCUT2D eigenvalue weighted by Gasteiger charge is 2.59. The van der Waals surface area contributed by atoms with Crippen LogP contribution in [0.25, 0.3) is 0 Å². The molecule has 218 valence electrons. The van der Waals surface area contributed by atoms with Gasteiger partial charge in [-0.2, -0.15) is 0 Å². The van der Waals surface area contributed by atoms with Crippen molar-refractivity contribution in [3.63, 3.8) is 0 Å². The van der Waals surface area contributed by atoms with Crippen LogP contribution in [0.1, 0.15) is 78.6 Å². The zero-order valence-corrected chi connectivity index (χ0v) is 23.8. The topological polar surface area (TPSA) is 141 Å². The van der Waals surface area contributed by atoms with Crippen LogP contribution in [-0.2, 0) is 52.4 Å². The second-order valence-corrected chi connectivity index (χ2v) is 9.68. The van der Waals surface area contributed by atoms with E-state index in [-0.39, 0.29) is 35.5 Å². The Hall–Kier alpha value is -2.21. The third-order valence-corrected chi connectivity index (χ3v) is 7.71. The summed E-state index contributed by atoms with van der Waals surface area (Å²) in [6.45, 7) is 4.96. The third-order valence-electron chi connectivity index (χ3n) is 7.71. The van der Waals surface area contributed by atoms with Crippen molar-refractivity contribution >= 4 is 29.3 Å². The number of fused-ring (bicyclic) bond motifs is 3. The number of carbonyl (C=O) groups is 5. The van der Waals surface area contributed by atoms with Gasteiger partial charge in [0.05, 0.1) is 18.8 Å². The molecular formula is C27H44O11. The molecule has 0 atom stereocenters. The van der Waals surface area contributed by atoms with Crippen LogP contribution in [-0.4, -0.2) is 83.0 Å². The first-order chi connectivity index (χ1) is 18.0. The van der Waals surface area contributed by atoms with Gasteiger partial charge in [0.2, 0.25) is 0 Å². The van der Waals surface area contributed by atoms with Crippen LogP contribution in [0.4, 0.5) is 0 Å². The molecule has 4 aliphatic carbocycles. The monoisotopic (exact) mass is 544 g/mol. The van der Waals surface area contributed by atoms with Gasteiger partial charge < -0.3 is 28.4 Å². The highest BCUT2D eigenvalue weighted by Crippen LogP contribution is 2.52. The number of ketones is 3. The van der Waals surface area contributed by atoms with E-state index in [2.05, 4.69) is 14.2 Å². The average molecular weight is 545 g/mol. The molecule has 4 fully saturated rings. The highest BCUT2D eigenvalue weighted by atomic mass is 16.8. The van der Waals surface area contributed by atoms with E-state index in [1.54, 1.807) is 21.0 Å². The lowest BCUT2D eigenvalue weighted by Gasteiger charge is -2.49. The molecule has 0 radical (unpaired) electrons. The zero-order chi connectivity index (χ0) is 29.0. The molecule has 0 amide bonds. The summed E-state index contributed by atoms with van der Waals surface area (Å²) in [6, 6.07) is 0. The molecule has 0 aromatic rings. The van der Waals surface area contributed by atoms with Crippen molar-refractivity contribution in [2.24, 2.45) is 10.8 Å². The van der Waals surface area contributed by atoms with Crippen molar-refractivity contribution < 1.29 is 52.4 Å². The SMILES string of the molecule is CCOC(=O)C1(C(C)=O)CCC(=O)CC1.CCOC(=O)C12CCC(OC)(CC1)CC2=O.COC(OC)OC. The van der Waals surface area contributed by atoms with Gasteiger partial charge in [0.25, 0.3) is 6.48 Å². The molecule has 0 aromatic heterocycles. The summed E-state index contributed by atoms with van der Waals surface area (Å²) in [6.07, 6.45) is 4.32. The molecule has 11 heteroatoms. The summed E-state index contributed by atoms with van der Waals surface area (Å²) >= 11 is 0. The predicted molar refractivity (Wildman–Crippen MR) is 135 cm³/mol. The quantitative estimate of drug-likeness (QED) is 0.240. The summed E-state index contributed by atoms with van der Waals surface area (Å²) in [5, 5.41) is 0. The Morgan fingerprint density at radius 1 is 0.763 bits per heavy atom. The molecule has 0 aromatic carbocycles. The van der Waals surface area contributed by atoms with Crippen LogP contribution in [0, 0.1) is 10.8 Å². The number of hydrogen-bond donors (Lipinski definition) is 0. The average Bonchev–Trinajstić information content (AvgIpc) is 2.91. The smallest absolute Gasteiger partial charge is 0.319 e. The second-order valence-electron chi connectivity index (χ2n) is 9.68. The van der Waals surface area contributed by atoms with Gasteiger partial charge in [0.15, 0.2) is 5.78 Å². The fourth-order valence-electron chi connectivity index (χ4n) is 5.13. The number of Topliss-reactive ketones (excluding diaryl/α,β-unsaturated/α-hetero) is 3. The first kappa shape index (κ1) is 33.8. The summed E-state index contributed by atoms with van der Waals surface area (Å²) in [5.74, 6) is -0.857. The molecule has 0 unspecified atom stereocenters. The van der Waals surface area contributed by atoms with Crippen LogP contribution < -0.4 is 0 Å². The van der Waals surface area contributed by atoms with Gasteiger partial charge in [0, 0.05) is 47.7 Å². The van der Waals surface area contributed by atoms with Gasteiger partial charge in [-0.05, 0) is 59.3 Å². The molecule has 4 aliphatic rings. The van der Waals surface area contributed by atoms with Crippen LogP contribution in [0.3, 0.4) is 0 Å². The lowest BCUT2D eigenvalue weighted by atomic mass is 9.58. The fraction of sp³-hybridized carbons (Fsp3) is 0.815. The number of carbonyl (C=O) groups excluding carboxylic acids is 5. The fourth-order valence-corrected chi connectivity index (χ4v) is 5.13. The molecule has 0 aliphatic heterocycles. The van der Waals surface area contributed by atoms with E-state index in [4.69, 9.17) is 14.2 Å². The Labute approximate surface area is 225 Å². The minimum atomic E-state index is -1.05. The third kappa shape index (κ3) is 7.91. The lowest BCUT2D eigenvalue weighted by molar-refractivity contribution is -0.252. The Bertz CT molecular complexity index is 807. The summed E-state index contributed by atoms with van der Waals surface area (Å²) in [7, 11) is 6.18. The molecule has 0 saturated heterocycles. The number of hydrogen-bond acceptors (Lipinski definition) is 11. The molecule has 38 heavy (non-hydrogen) atoms. The predicted octanol–water partition coefficient (Wildman–Crippen LogP) is 2.95. The normalized spacial score (nSPS) is 25.5. The maximum atomic E-state index is 12.1. The van der Waals surface area contributed by atoms with Crippen molar-refractivity contribution in [1.29, 1.82) is 0 Å². The number of rotatable bonds is 9. The number of methoxy groups -OCH3 is 4. The number of esters is 2. The zero-order valence-electron chi connectivity index (χ0n) is 23.8. The van der Waals surface area contributed by atoms with Gasteiger partial charge in [-0.25, -0.2) is 0 Å². The van der Waals surface area contributed by atoms with E-state index in [0.29, 0.717) is 51.6 Å². The Kier molecular flexibility index (Phi) is 13.7. The molecule has 2 bridgehead atoms. The molecule has 4 saturated carbocycles. The first-order valence-electron chi connectivity index (χ1n) is 13.0. The van der Waals surface area contributed by atoms with E-state index >= 15 is 0 Å². The van der Waals surface area contributed by atoms with Gasteiger partial charge in [-0.1, -0.05) is 0 Å². The minimum absolute atomic E-state index is 0.00491. The van der Waals surface area contributed by atoms with E-state index in [9.17, 15) is 24.0 Å². The van der Waals surface area contributed by atoms with Gasteiger partial charge >= 0.3 is 11.9 Å². The van der Waals surface area contributed by atoms with Gasteiger partial charge in [-0.15, -0.1) is 0 Å². The Morgan fingerprint density at radius 2 is 1.24 bits per heavy atom. The van der Waals surface area contributed by atoms with Crippen molar-refractivity contribution in [3.8, 4) is 0 Å². The van der Waals surface area contributed by atoms with E-state index in [1.807, 2.05) is 0 Å². The molecule has 11 nitrogen and oxygen atoms in total.